The summed E-state index contributed by atoms with van der Waals surface area (Å²) in [6.07, 6.45) is 1.18. The predicted molar refractivity (Wildman–Crippen MR) is 73.9 cm³/mol. The lowest BCUT2D eigenvalue weighted by atomic mass is 9.98. The van der Waals surface area contributed by atoms with E-state index in [0.29, 0.717) is 12.8 Å². The van der Waals surface area contributed by atoms with Gasteiger partial charge in [-0.05, 0) is 29.9 Å². The summed E-state index contributed by atoms with van der Waals surface area (Å²) in [7, 11) is 1.33. The van der Waals surface area contributed by atoms with E-state index in [0.717, 1.165) is 16.3 Å². The summed E-state index contributed by atoms with van der Waals surface area (Å²) >= 11 is 0. The van der Waals surface area contributed by atoms with E-state index in [-0.39, 0.29) is 5.75 Å². The number of carbonyl (C=O) groups excluding carboxylic acids is 1. The molecular weight excluding hydrogens is 242 g/mol. The van der Waals surface area contributed by atoms with Crippen LogP contribution in [0.4, 0.5) is 0 Å². The molecule has 0 saturated heterocycles. The first-order valence-corrected chi connectivity index (χ1v) is 6.16. The van der Waals surface area contributed by atoms with E-state index in [2.05, 4.69) is 4.74 Å². The van der Waals surface area contributed by atoms with Gasteiger partial charge in [0.25, 0.3) is 0 Å². The molecule has 0 heterocycles. The smallest absolute Gasteiger partial charge is 0.322 e. The molecule has 0 unspecified atom stereocenters. The minimum absolute atomic E-state index is 0.261. The fourth-order valence-electron chi connectivity index (χ4n) is 2.14. The number of carbonyl (C=O) groups is 1. The molecule has 2 rings (SSSR count). The molecule has 19 heavy (non-hydrogen) atoms. The number of benzene rings is 2. The number of methoxy groups -OCH3 is 1. The van der Waals surface area contributed by atoms with Crippen molar-refractivity contribution in [1.82, 2.24) is 0 Å². The van der Waals surface area contributed by atoms with Gasteiger partial charge in [-0.3, -0.25) is 4.79 Å². The number of ether oxygens (including phenoxy) is 1. The van der Waals surface area contributed by atoms with Crippen molar-refractivity contribution in [3.05, 3.63) is 42.0 Å². The highest BCUT2D eigenvalue weighted by molar-refractivity contribution is 5.90. The lowest BCUT2D eigenvalue weighted by molar-refractivity contribution is -0.142. The second-order valence-corrected chi connectivity index (χ2v) is 4.46. The first kappa shape index (κ1) is 13.4. The second kappa shape index (κ2) is 5.71. The molecule has 1 atom stereocenters. The van der Waals surface area contributed by atoms with Crippen molar-refractivity contribution in [2.24, 2.45) is 5.73 Å². The third kappa shape index (κ3) is 2.85. The maximum absolute atomic E-state index is 11.3. The van der Waals surface area contributed by atoms with Crippen LogP contribution >= 0.6 is 0 Å². The normalized spacial score (nSPS) is 12.3. The molecule has 2 aromatic carbocycles. The van der Waals surface area contributed by atoms with Crippen LogP contribution in [0.25, 0.3) is 10.8 Å². The maximum atomic E-state index is 11.3. The topological polar surface area (TPSA) is 72.5 Å². The van der Waals surface area contributed by atoms with Gasteiger partial charge >= 0.3 is 5.97 Å². The van der Waals surface area contributed by atoms with Gasteiger partial charge in [0.1, 0.15) is 11.8 Å². The SMILES string of the molecule is COC(=O)[C@@H](N)CCc1ccc(O)c2ccccc12. The molecule has 0 saturated carbocycles. The van der Waals surface area contributed by atoms with Gasteiger partial charge in [-0.25, -0.2) is 0 Å². The minimum atomic E-state index is -0.613. The van der Waals surface area contributed by atoms with E-state index in [1.54, 1.807) is 6.07 Å². The lowest BCUT2D eigenvalue weighted by Crippen LogP contribution is -2.31. The number of aryl methyl sites for hydroxylation is 1. The van der Waals surface area contributed by atoms with Gasteiger partial charge in [0.15, 0.2) is 0 Å². The third-order valence-corrected chi connectivity index (χ3v) is 3.22. The highest BCUT2D eigenvalue weighted by atomic mass is 16.5. The molecule has 4 heteroatoms. The Kier molecular flexibility index (Phi) is 4.02. The zero-order valence-electron chi connectivity index (χ0n) is 10.8. The number of rotatable bonds is 4. The fraction of sp³-hybridized carbons (Fsp3) is 0.267. The van der Waals surface area contributed by atoms with Gasteiger partial charge in [-0.2, -0.15) is 0 Å². The van der Waals surface area contributed by atoms with Crippen LogP contribution in [0.5, 0.6) is 5.75 Å². The van der Waals surface area contributed by atoms with Crippen molar-refractivity contribution in [2.45, 2.75) is 18.9 Å². The van der Waals surface area contributed by atoms with Crippen molar-refractivity contribution < 1.29 is 14.6 Å². The molecule has 0 aliphatic rings. The van der Waals surface area contributed by atoms with Gasteiger partial charge in [-0.1, -0.05) is 30.3 Å². The second-order valence-electron chi connectivity index (χ2n) is 4.46. The van der Waals surface area contributed by atoms with Crippen molar-refractivity contribution >= 4 is 16.7 Å². The van der Waals surface area contributed by atoms with Gasteiger partial charge in [-0.15, -0.1) is 0 Å². The molecule has 0 amide bonds. The zero-order chi connectivity index (χ0) is 13.8. The quantitative estimate of drug-likeness (QED) is 0.823. The first-order valence-electron chi connectivity index (χ1n) is 6.16. The number of phenols is 1. The summed E-state index contributed by atoms with van der Waals surface area (Å²) in [5.41, 5.74) is 6.79. The molecule has 4 nitrogen and oxygen atoms in total. The van der Waals surface area contributed by atoms with Crippen LogP contribution in [-0.2, 0) is 16.0 Å². The van der Waals surface area contributed by atoms with E-state index in [4.69, 9.17) is 5.73 Å². The van der Waals surface area contributed by atoms with Crippen molar-refractivity contribution in [2.75, 3.05) is 7.11 Å². The fourth-order valence-corrected chi connectivity index (χ4v) is 2.14. The van der Waals surface area contributed by atoms with E-state index in [9.17, 15) is 9.90 Å². The van der Waals surface area contributed by atoms with Gasteiger partial charge in [0.2, 0.25) is 0 Å². The molecule has 0 radical (unpaired) electrons. The molecule has 0 aliphatic carbocycles. The Morgan fingerprint density at radius 3 is 2.63 bits per heavy atom. The maximum Gasteiger partial charge on any atom is 0.322 e. The predicted octanol–water partition coefficient (Wildman–Crippen LogP) is 1.98. The van der Waals surface area contributed by atoms with Crippen LogP contribution in [0.2, 0.25) is 0 Å². The Labute approximate surface area is 111 Å². The van der Waals surface area contributed by atoms with E-state index < -0.39 is 12.0 Å². The van der Waals surface area contributed by atoms with Gasteiger partial charge in [0, 0.05) is 5.39 Å². The highest BCUT2D eigenvalue weighted by Gasteiger charge is 2.14. The van der Waals surface area contributed by atoms with Crippen molar-refractivity contribution in [1.29, 1.82) is 0 Å². The Balaban J connectivity index is 2.22. The third-order valence-electron chi connectivity index (χ3n) is 3.22. The number of aromatic hydroxyl groups is 1. The van der Waals surface area contributed by atoms with Gasteiger partial charge in [0.05, 0.1) is 7.11 Å². The molecule has 0 aromatic heterocycles. The molecule has 0 aliphatic heterocycles. The van der Waals surface area contributed by atoms with E-state index in [1.165, 1.54) is 7.11 Å². The Morgan fingerprint density at radius 2 is 1.95 bits per heavy atom. The molecule has 0 bridgehead atoms. The summed E-state index contributed by atoms with van der Waals surface area (Å²) < 4.78 is 4.60. The van der Waals surface area contributed by atoms with Crippen LogP contribution in [0.1, 0.15) is 12.0 Å². The van der Waals surface area contributed by atoms with Gasteiger partial charge < -0.3 is 15.6 Å². The summed E-state index contributed by atoms with van der Waals surface area (Å²) in [5, 5.41) is 11.6. The summed E-state index contributed by atoms with van der Waals surface area (Å²) in [5.74, 6) is -0.139. The molecule has 3 N–H and O–H groups in total. The zero-order valence-corrected chi connectivity index (χ0v) is 10.8. The van der Waals surface area contributed by atoms with Crippen LogP contribution in [-0.4, -0.2) is 24.2 Å². The average molecular weight is 259 g/mol. The highest BCUT2D eigenvalue weighted by Crippen LogP contribution is 2.28. The lowest BCUT2D eigenvalue weighted by Gasteiger charge is -2.11. The number of phenolic OH excluding ortho intramolecular Hbond substituents is 1. The molecular formula is C15H17NO3. The van der Waals surface area contributed by atoms with Crippen molar-refractivity contribution in [3.63, 3.8) is 0 Å². The number of nitrogens with two attached hydrogens (primary N) is 1. The Morgan fingerprint density at radius 1 is 1.26 bits per heavy atom. The molecule has 100 valence electrons. The summed E-state index contributed by atoms with van der Waals surface area (Å²) in [6.45, 7) is 0. The molecule has 0 spiro atoms. The van der Waals surface area contributed by atoms with E-state index >= 15 is 0 Å². The Bertz CT molecular complexity index is 595. The van der Waals surface area contributed by atoms with Crippen LogP contribution in [0.15, 0.2) is 36.4 Å². The van der Waals surface area contributed by atoms with Crippen LogP contribution < -0.4 is 5.73 Å². The van der Waals surface area contributed by atoms with Crippen LogP contribution in [0.3, 0.4) is 0 Å². The van der Waals surface area contributed by atoms with E-state index in [1.807, 2.05) is 30.3 Å². The number of hydrogen-bond donors (Lipinski definition) is 2. The molecule has 0 fully saturated rings. The number of esters is 1. The summed E-state index contributed by atoms with van der Waals surface area (Å²) in [4.78, 5) is 11.3. The number of fused-ring (bicyclic) bond motifs is 1. The summed E-state index contributed by atoms with van der Waals surface area (Å²) in [6, 6.07) is 10.5. The minimum Gasteiger partial charge on any atom is -0.507 e. The van der Waals surface area contributed by atoms with Crippen molar-refractivity contribution in [3.8, 4) is 5.75 Å². The number of hydrogen-bond acceptors (Lipinski definition) is 4. The van der Waals surface area contributed by atoms with Crippen LogP contribution in [0, 0.1) is 0 Å². The average Bonchev–Trinajstić information content (AvgIpc) is 2.45. The Hall–Kier alpha value is -2.07. The first-order chi connectivity index (χ1) is 9.13. The standard InChI is InChI=1S/C15H17NO3/c1-19-15(18)13(16)8-6-10-7-9-14(17)12-5-3-2-4-11(10)12/h2-5,7,9,13,17H,6,8,16H2,1H3/t13-/m0/s1. The monoisotopic (exact) mass is 259 g/mol. The molecule has 2 aromatic rings. The largest absolute Gasteiger partial charge is 0.507 e.